The van der Waals surface area contributed by atoms with Gasteiger partial charge in [0.1, 0.15) is 5.75 Å². The first-order valence-corrected chi connectivity index (χ1v) is 7.49. The monoisotopic (exact) mass is 294 g/mol. The quantitative estimate of drug-likeness (QED) is 0.659. The Kier molecular flexibility index (Phi) is 4.19. The summed E-state index contributed by atoms with van der Waals surface area (Å²) in [5, 5.41) is 14.0. The van der Waals surface area contributed by atoms with Gasteiger partial charge in [-0.3, -0.25) is 4.79 Å². The molecule has 0 bridgehead atoms. The minimum absolute atomic E-state index is 0.0403. The van der Waals surface area contributed by atoms with Crippen LogP contribution < -0.4 is 5.43 Å². The number of nitrogens with one attached hydrogen (secondary N) is 1. The van der Waals surface area contributed by atoms with Crippen molar-refractivity contribution < 1.29 is 9.90 Å². The van der Waals surface area contributed by atoms with Crippen LogP contribution >= 0.6 is 0 Å². The fourth-order valence-electron chi connectivity index (χ4n) is 2.72. The number of hydrazone groups is 1. The topological polar surface area (TPSA) is 61.7 Å². The molecule has 2 aromatic rings. The first kappa shape index (κ1) is 14.3. The second kappa shape index (κ2) is 6.43. The third-order valence-corrected chi connectivity index (χ3v) is 3.88. The summed E-state index contributed by atoms with van der Waals surface area (Å²) in [6, 6.07) is 14.6. The van der Waals surface area contributed by atoms with Crippen molar-refractivity contribution in [3.63, 3.8) is 0 Å². The van der Waals surface area contributed by atoms with Crippen LogP contribution in [0.1, 0.15) is 40.7 Å². The van der Waals surface area contributed by atoms with Crippen LogP contribution in [0.2, 0.25) is 0 Å². The van der Waals surface area contributed by atoms with E-state index in [0.29, 0.717) is 0 Å². The van der Waals surface area contributed by atoms with E-state index < -0.39 is 5.91 Å². The summed E-state index contributed by atoms with van der Waals surface area (Å²) in [5.41, 5.74) is 6.08. The van der Waals surface area contributed by atoms with Crippen LogP contribution in [0.25, 0.3) is 0 Å². The smallest absolute Gasteiger partial charge is 0.275 e. The zero-order chi connectivity index (χ0) is 15.4. The number of aromatic hydroxyl groups is 1. The molecule has 1 aliphatic rings. The van der Waals surface area contributed by atoms with Gasteiger partial charge in [-0.1, -0.05) is 36.4 Å². The number of benzene rings is 2. The summed E-state index contributed by atoms with van der Waals surface area (Å²) in [4.78, 5) is 12.1. The molecule has 3 rings (SSSR count). The lowest BCUT2D eigenvalue weighted by atomic mass is 10.0. The third kappa shape index (κ3) is 3.01. The molecule has 0 unspecified atom stereocenters. The highest BCUT2D eigenvalue weighted by molar-refractivity contribution is 6.03. The molecule has 4 nitrogen and oxygen atoms in total. The first-order valence-electron chi connectivity index (χ1n) is 7.49. The largest absolute Gasteiger partial charge is 0.507 e. The summed E-state index contributed by atoms with van der Waals surface area (Å²) in [6.45, 7) is 0. The van der Waals surface area contributed by atoms with E-state index in [2.05, 4.69) is 16.6 Å². The van der Waals surface area contributed by atoms with E-state index in [4.69, 9.17) is 0 Å². The molecule has 112 valence electrons. The summed E-state index contributed by atoms with van der Waals surface area (Å²) in [5.74, 6) is -0.436. The molecule has 0 aliphatic heterocycles. The number of carbonyl (C=O) groups is 1. The fourth-order valence-corrected chi connectivity index (χ4v) is 2.72. The Morgan fingerprint density at radius 2 is 1.73 bits per heavy atom. The number of hydrogen-bond donors (Lipinski definition) is 2. The molecular weight excluding hydrogens is 276 g/mol. The van der Waals surface area contributed by atoms with Gasteiger partial charge in [0, 0.05) is 5.56 Å². The van der Waals surface area contributed by atoms with Gasteiger partial charge in [0.05, 0.1) is 11.3 Å². The SMILES string of the molecule is O=C(N/N=C1/CCCCc2ccccc21)c1ccccc1O. The van der Waals surface area contributed by atoms with Crippen LogP contribution in [0, 0.1) is 0 Å². The predicted molar refractivity (Wildman–Crippen MR) is 86.1 cm³/mol. The van der Waals surface area contributed by atoms with Gasteiger partial charge in [-0.15, -0.1) is 0 Å². The second-order valence-corrected chi connectivity index (χ2v) is 5.38. The van der Waals surface area contributed by atoms with Gasteiger partial charge in [0.2, 0.25) is 0 Å². The Hall–Kier alpha value is -2.62. The van der Waals surface area contributed by atoms with E-state index in [0.717, 1.165) is 37.0 Å². The van der Waals surface area contributed by atoms with Gasteiger partial charge in [0.25, 0.3) is 5.91 Å². The molecule has 0 aromatic heterocycles. The maximum absolute atomic E-state index is 12.1. The van der Waals surface area contributed by atoms with Gasteiger partial charge in [-0.2, -0.15) is 5.10 Å². The van der Waals surface area contributed by atoms with Crippen molar-refractivity contribution in [2.45, 2.75) is 25.7 Å². The number of fused-ring (bicyclic) bond motifs is 1. The molecule has 2 N–H and O–H groups in total. The number of phenolic OH excluding ortho intramolecular Hbond substituents is 1. The van der Waals surface area contributed by atoms with Gasteiger partial charge in [-0.25, -0.2) is 5.43 Å². The first-order chi connectivity index (χ1) is 10.8. The molecule has 0 fully saturated rings. The molecule has 1 aliphatic carbocycles. The van der Waals surface area contributed by atoms with Crippen LogP contribution in [0.3, 0.4) is 0 Å². The number of phenols is 1. The molecule has 0 radical (unpaired) electrons. The maximum Gasteiger partial charge on any atom is 0.275 e. The van der Waals surface area contributed by atoms with Crippen LogP contribution in [-0.2, 0) is 6.42 Å². The standard InChI is InChI=1S/C18H18N2O2/c21-17-12-6-4-10-15(17)18(22)20-19-16-11-5-2-8-13-7-1-3-9-14(13)16/h1,3-4,6-7,9-10,12,21H,2,5,8,11H2,(H,20,22)/b19-16-. The van der Waals surface area contributed by atoms with Crippen molar-refractivity contribution in [1.82, 2.24) is 5.43 Å². The van der Waals surface area contributed by atoms with E-state index >= 15 is 0 Å². The summed E-state index contributed by atoms with van der Waals surface area (Å²) in [7, 11) is 0. The lowest BCUT2D eigenvalue weighted by molar-refractivity contribution is 0.0952. The van der Waals surface area contributed by atoms with E-state index in [1.807, 2.05) is 18.2 Å². The van der Waals surface area contributed by atoms with Crippen molar-refractivity contribution in [1.29, 1.82) is 0 Å². The lowest BCUT2D eigenvalue weighted by Gasteiger charge is -2.08. The molecule has 0 heterocycles. The van der Waals surface area contributed by atoms with Crippen molar-refractivity contribution in [3.8, 4) is 5.75 Å². The Balaban J connectivity index is 1.84. The van der Waals surface area contributed by atoms with E-state index in [1.165, 1.54) is 11.6 Å². The number of para-hydroxylation sites is 1. The average Bonchev–Trinajstić information content (AvgIpc) is 2.75. The van der Waals surface area contributed by atoms with Crippen molar-refractivity contribution in [2.24, 2.45) is 5.10 Å². The van der Waals surface area contributed by atoms with Gasteiger partial charge >= 0.3 is 0 Å². The fraction of sp³-hybridized carbons (Fsp3) is 0.222. The molecular formula is C18H18N2O2. The van der Waals surface area contributed by atoms with E-state index in [-0.39, 0.29) is 11.3 Å². The zero-order valence-electron chi connectivity index (χ0n) is 12.2. The van der Waals surface area contributed by atoms with Gasteiger partial charge in [0.15, 0.2) is 0 Å². The van der Waals surface area contributed by atoms with E-state index in [1.54, 1.807) is 18.2 Å². The Morgan fingerprint density at radius 1 is 1.00 bits per heavy atom. The number of rotatable bonds is 2. The van der Waals surface area contributed by atoms with Crippen LogP contribution in [0.4, 0.5) is 0 Å². The highest BCUT2D eigenvalue weighted by atomic mass is 16.3. The predicted octanol–water partition coefficient (Wildman–Crippen LogP) is 3.25. The highest BCUT2D eigenvalue weighted by Gasteiger charge is 2.15. The zero-order valence-corrected chi connectivity index (χ0v) is 12.2. The number of carbonyl (C=O) groups excluding carboxylic acids is 1. The Morgan fingerprint density at radius 3 is 2.59 bits per heavy atom. The lowest BCUT2D eigenvalue weighted by Crippen LogP contribution is -2.20. The third-order valence-electron chi connectivity index (χ3n) is 3.88. The van der Waals surface area contributed by atoms with Crippen molar-refractivity contribution in [2.75, 3.05) is 0 Å². The molecule has 1 amide bonds. The molecule has 2 aromatic carbocycles. The Bertz CT molecular complexity index is 723. The van der Waals surface area contributed by atoms with Crippen LogP contribution in [0.5, 0.6) is 5.75 Å². The molecule has 0 saturated heterocycles. The van der Waals surface area contributed by atoms with Crippen molar-refractivity contribution >= 4 is 11.6 Å². The highest BCUT2D eigenvalue weighted by Crippen LogP contribution is 2.21. The number of hydrogen-bond acceptors (Lipinski definition) is 3. The van der Waals surface area contributed by atoms with Crippen LogP contribution in [0.15, 0.2) is 53.6 Å². The molecule has 0 atom stereocenters. The van der Waals surface area contributed by atoms with Gasteiger partial charge in [-0.05, 0) is 43.4 Å². The molecule has 0 spiro atoms. The maximum atomic E-state index is 12.1. The van der Waals surface area contributed by atoms with E-state index in [9.17, 15) is 9.90 Å². The Labute approximate surface area is 129 Å². The molecule has 0 saturated carbocycles. The van der Waals surface area contributed by atoms with Crippen molar-refractivity contribution in [3.05, 3.63) is 65.2 Å². The molecule has 4 heteroatoms. The number of amides is 1. The summed E-state index contributed by atoms with van der Waals surface area (Å²) >= 11 is 0. The second-order valence-electron chi connectivity index (χ2n) is 5.38. The van der Waals surface area contributed by atoms with Gasteiger partial charge < -0.3 is 5.11 Å². The number of aryl methyl sites for hydroxylation is 1. The summed E-state index contributed by atoms with van der Waals surface area (Å²) in [6.07, 6.45) is 4.07. The minimum atomic E-state index is -0.396. The average molecular weight is 294 g/mol. The minimum Gasteiger partial charge on any atom is -0.507 e. The normalized spacial score (nSPS) is 15.9. The van der Waals surface area contributed by atoms with Crippen LogP contribution in [-0.4, -0.2) is 16.7 Å². The molecule has 22 heavy (non-hydrogen) atoms. The summed E-state index contributed by atoms with van der Waals surface area (Å²) < 4.78 is 0. The number of nitrogens with zero attached hydrogens (tertiary/aromatic N) is 1.